The summed E-state index contributed by atoms with van der Waals surface area (Å²) >= 11 is 0. The first-order chi connectivity index (χ1) is 9.22. The third-order valence-corrected chi connectivity index (χ3v) is 2.99. The first-order valence-electron chi connectivity index (χ1n) is 6.12. The zero-order chi connectivity index (χ0) is 13.7. The zero-order valence-electron chi connectivity index (χ0n) is 10.7. The molecule has 2 rings (SSSR count). The fourth-order valence-corrected chi connectivity index (χ4v) is 1.89. The number of amides is 1. The average molecular weight is 257 g/mol. The molecule has 19 heavy (non-hydrogen) atoms. The highest BCUT2D eigenvalue weighted by molar-refractivity contribution is 6.39. The third kappa shape index (κ3) is 3.10. The van der Waals surface area contributed by atoms with Crippen LogP contribution in [0.4, 0.5) is 0 Å². The topological polar surface area (TPSA) is 65.7 Å². The second kappa shape index (κ2) is 6.01. The van der Waals surface area contributed by atoms with Crippen molar-refractivity contribution in [3.63, 3.8) is 0 Å². The van der Waals surface area contributed by atoms with Crippen LogP contribution in [0.1, 0.15) is 24.5 Å². The van der Waals surface area contributed by atoms with Gasteiger partial charge in [-0.25, -0.2) is 0 Å². The largest absolute Gasteiger partial charge is 0.387 e. The highest BCUT2D eigenvalue weighted by atomic mass is 16.6. The number of carbonyl (C=O) groups is 1. The summed E-state index contributed by atoms with van der Waals surface area (Å²) < 4.78 is 0. The molecule has 0 saturated carbocycles. The van der Waals surface area contributed by atoms with Gasteiger partial charge in [-0.1, -0.05) is 35.5 Å². The molecule has 0 N–H and O–H groups in total. The van der Waals surface area contributed by atoms with E-state index in [9.17, 15) is 4.79 Å². The summed E-state index contributed by atoms with van der Waals surface area (Å²) in [5, 5.41) is 12.4. The maximum absolute atomic E-state index is 12.0. The van der Waals surface area contributed by atoms with Crippen LogP contribution in [0.25, 0.3) is 0 Å². The number of oxime groups is 1. The van der Waals surface area contributed by atoms with E-state index in [2.05, 4.69) is 5.16 Å². The minimum absolute atomic E-state index is 0.173. The molecular formula is C14H15N3O2. The van der Waals surface area contributed by atoms with E-state index in [4.69, 9.17) is 10.1 Å². The molecule has 1 amide bonds. The quantitative estimate of drug-likeness (QED) is 0.827. The Morgan fingerprint density at radius 3 is 2.95 bits per heavy atom. The second-order valence-electron chi connectivity index (χ2n) is 4.38. The summed E-state index contributed by atoms with van der Waals surface area (Å²) in [7, 11) is 1.66. The van der Waals surface area contributed by atoms with Gasteiger partial charge >= 0.3 is 0 Å². The van der Waals surface area contributed by atoms with Crippen LogP contribution in [0.15, 0.2) is 35.5 Å². The third-order valence-electron chi connectivity index (χ3n) is 2.99. The summed E-state index contributed by atoms with van der Waals surface area (Å²) in [6.45, 7) is 0.407. The van der Waals surface area contributed by atoms with Gasteiger partial charge in [0, 0.05) is 20.0 Å². The highest BCUT2D eigenvalue weighted by Crippen LogP contribution is 2.27. The minimum Gasteiger partial charge on any atom is -0.387 e. The molecule has 1 aromatic carbocycles. The SMILES string of the molecule is CN(CCC#N)C(=O)C1=NO[C@@H](c2ccccc2)C1. The van der Waals surface area contributed by atoms with E-state index < -0.39 is 0 Å². The molecule has 0 bridgehead atoms. The van der Waals surface area contributed by atoms with Crippen molar-refractivity contribution in [1.29, 1.82) is 5.26 Å². The van der Waals surface area contributed by atoms with Gasteiger partial charge in [-0.05, 0) is 5.56 Å². The lowest BCUT2D eigenvalue weighted by Gasteiger charge is -2.14. The molecule has 1 aromatic rings. The zero-order valence-corrected chi connectivity index (χ0v) is 10.7. The first kappa shape index (κ1) is 13.1. The molecule has 0 spiro atoms. The van der Waals surface area contributed by atoms with Gasteiger partial charge in [0.1, 0.15) is 5.71 Å². The Kier molecular flexibility index (Phi) is 4.14. The Bertz CT molecular complexity index is 519. The molecule has 98 valence electrons. The van der Waals surface area contributed by atoms with Crippen molar-refractivity contribution in [1.82, 2.24) is 4.90 Å². The highest BCUT2D eigenvalue weighted by Gasteiger charge is 2.28. The van der Waals surface area contributed by atoms with Crippen molar-refractivity contribution < 1.29 is 9.63 Å². The molecule has 0 saturated heterocycles. The lowest BCUT2D eigenvalue weighted by Crippen LogP contribution is -2.33. The average Bonchev–Trinajstić information content (AvgIpc) is 2.94. The number of hydrogen-bond donors (Lipinski definition) is 0. The van der Waals surface area contributed by atoms with Crippen LogP contribution in [0, 0.1) is 11.3 Å². The molecule has 0 aliphatic carbocycles. The molecule has 0 fully saturated rings. The summed E-state index contributed by atoms with van der Waals surface area (Å²) in [6.07, 6.45) is 0.600. The van der Waals surface area contributed by atoms with Crippen molar-refractivity contribution >= 4 is 11.6 Å². The summed E-state index contributed by atoms with van der Waals surface area (Å²) in [6, 6.07) is 11.7. The van der Waals surface area contributed by atoms with E-state index in [1.807, 2.05) is 36.4 Å². The molecule has 1 aliphatic rings. The van der Waals surface area contributed by atoms with Crippen LogP contribution in [0.5, 0.6) is 0 Å². The van der Waals surface area contributed by atoms with Gasteiger partial charge in [0.25, 0.3) is 5.91 Å². The van der Waals surface area contributed by atoms with Crippen LogP contribution in [0.2, 0.25) is 0 Å². The minimum atomic E-state index is -0.190. The molecular weight excluding hydrogens is 242 g/mol. The molecule has 5 heteroatoms. The Labute approximate surface area is 112 Å². The van der Waals surface area contributed by atoms with Gasteiger partial charge in [0.2, 0.25) is 0 Å². The van der Waals surface area contributed by atoms with E-state index >= 15 is 0 Å². The Balaban J connectivity index is 1.95. The lowest BCUT2D eigenvalue weighted by molar-refractivity contribution is -0.122. The standard InChI is InChI=1S/C14H15N3O2/c1-17(9-5-8-15)14(18)12-10-13(19-16-12)11-6-3-2-4-7-11/h2-4,6-7,13H,5,9-10H2,1H3/t13-/m1/s1. The molecule has 0 aromatic heterocycles. The maximum atomic E-state index is 12.0. The number of rotatable bonds is 4. The molecule has 5 nitrogen and oxygen atoms in total. The number of nitriles is 1. The van der Waals surface area contributed by atoms with Crippen molar-refractivity contribution in [2.24, 2.45) is 5.16 Å². The van der Waals surface area contributed by atoms with Gasteiger partial charge in [-0.3, -0.25) is 4.79 Å². The van der Waals surface area contributed by atoms with Gasteiger partial charge in [-0.15, -0.1) is 0 Å². The van der Waals surface area contributed by atoms with Gasteiger partial charge in [0.05, 0.1) is 12.5 Å². The predicted molar refractivity (Wildman–Crippen MR) is 70.2 cm³/mol. The van der Waals surface area contributed by atoms with Crippen molar-refractivity contribution in [3.8, 4) is 6.07 Å². The van der Waals surface area contributed by atoms with Crippen LogP contribution >= 0.6 is 0 Å². The van der Waals surface area contributed by atoms with Gasteiger partial charge in [-0.2, -0.15) is 5.26 Å². The first-order valence-corrected chi connectivity index (χ1v) is 6.12. The predicted octanol–water partition coefficient (Wildman–Crippen LogP) is 1.88. The molecule has 1 atom stereocenters. The fraction of sp³-hybridized carbons (Fsp3) is 0.357. The number of hydrogen-bond acceptors (Lipinski definition) is 4. The van der Waals surface area contributed by atoms with Gasteiger partial charge in [0.15, 0.2) is 6.10 Å². The molecule has 0 unspecified atom stereocenters. The van der Waals surface area contributed by atoms with E-state index in [0.29, 0.717) is 25.1 Å². The van der Waals surface area contributed by atoms with Crippen LogP contribution < -0.4 is 0 Å². The molecule has 1 aliphatic heterocycles. The van der Waals surface area contributed by atoms with Crippen molar-refractivity contribution in [3.05, 3.63) is 35.9 Å². The van der Waals surface area contributed by atoms with Crippen LogP contribution in [0.3, 0.4) is 0 Å². The Morgan fingerprint density at radius 1 is 1.53 bits per heavy atom. The summed E-state index contributed by atoms with van der Waals surface area (Å²) in [4.78, 5) is 18.8. The van der Waals surface area contributed by atoms with Crippen LogP contribution in [-0.4, -0.2) is 30.1 Å². The molecule has 0 radical (unpaired) electrons. The number of nitrogens with zero attached hydrogens (tertiary/aromatic N) is 3. The normalized spacial score (nSPS) is 17.3. The second-order valence-corrected chi connectivity index (χ2v) is 4.38. The van der Waals surface area contributed by atoms with E-state index in [1.165, 1.54) is 4.90 Å². The van der Waals surface area contributed by atoms with Crippen molar-refractivity contribution in [2.75, 3.05) is 13.6 Å². The van der Waals surface area contributed by atoms with E-state index in [1.54, 1.807) is 7.05 Å². The van der Waals surface area contributed by atoms with Gasteiger partial charge < -0.3 is 9.74 Å². The monoisotopic (exact) mass is 257 g/mol. The molecule has 1 heterocycles. The van der Waals surface area contributed by atoms with E-state index in [-0.39, 0.29) is 12.0 Å². The van der Waals surface area contributed by atoms with Crippen molar-refractivity contribution in [2.45, 2.75) is 18.9 Å². The van der Waals surface area contributed by atoms with Crippen LogP contribution in [-0.2, 0) is 9.63 Å². The summed E-state index contributed by atoms with van der Waals surface area (Å²) in [5.41, 5.74) is 1.42. The van der Waals surface area contributed by atoms with E-state index in [0.717, 1.165) is 5.56 Å². The number of carbonyl (C=O) groups excluding carboxylic acids is 1. The summed E-state index contributed by atoms with van der Waals surface area (Å²) in [5.74, 6) is -0.173. The Hall–Kier alpha value is -2.35. The lowest BCUT2D eigenvalue weighted by atomic mass is 10.0. The maximum Gasteiger partial charge on any atom is 0.271 e. The smallest absolute Gasteiger partial charge is 0.271 e. The number of benzene rings is 1. The Morgan fingerprint density at radius 2 is 2.26 bits per heavy atom. The fourth-order valence-electron chi connectivity index (χ4n) is 1.89.